The molecule has 0 N–H and O–H groups in total. The van der Waals surface area contributed by atoms with Crippen LogP contribution in [0.3, 0.4) is 0 Å². The third-order valence-corrected chi connectivity index (χ3v) is 1.64. The van der Waals surface area contributed by atoms with Gasteiger partial charge in [-0.05, 0) is 27.7 Å². The molecule has 0 aromatic heterocycles. The van der Waals surface area contributed by atoms with Gasteiger partial charge >= 0.3 is 11.9 Å². The smallest absolute Gasteiger partial charge is 0.335 e. The van der Waals surface area contributed by atoms with Crippen molar-refractivity contribution < 1.29 is 23.8 Å². The Balaban J connectivity index is 4.30. The summed E-state index contributed by atoms with van der Waals surface area (Å²) in [7, 11) is 0. The summed E-state index contributed by atoms with van der Waals surface area (Å²) in [6.07, 6.45) is -1.13. The lowest BCUT2D eigenvalue weighted by molar-refractivity contribution is -0.166. The molecule has 0 aliphatic carbocycles. The van der Waals surface area contributed by atoms with Crippen LogP contribution in [-0.4, -0.2) is 37.4 Å². The fraction of sp³-hybridized carbons (Fsp3) is 0.818. The zero-order valence-electron chi connectivity index (χ0n) is 10.3. The van der Waals surface area contributed by atoms with E-state index in [1.54, 1.807) is 27.7 Å². The Kier molecular flexibility index (Phi) is 7.54. The van der Waals surface area contributed by atoms with Gasteiger partial charge in [-0.25, -0.2) is 4.79 Å². The largest absolute Gasteiger partial charge is 0.466 e. The number of rotatable bonds is 7. The van der Waals surface area contributed by atoms with E-state index in [2.05, 4.69) is 0 Å². The average molecular weight is 232 g/mol. The van der Waals surface area contributed by atoms with E-state index in [1.807, 2.05) is 0 Å². The summed E-state index contributed by atoms with van der Waals surface area (Å²) in [4.78, 5) is 22.7. The highest BCUT2D eigenvalue weighted by Gasteiger charge is 2.25. The minimum Gasteiger partial charge on any atom is -0.466 e. The van der Waals surface area contributed by atoms with E-state index < -0.39 is 18.0 Å². The van der Waals surface area contributed by atoms with Crippen LogP contribution in [0.5, 0.6) is 0 Å². The first-order chi connectivity index (χ1) is 7.51. The lowest BCUT2D eigenvalue weighted by atomic mass is 10.2. The molecule has 0 heterocycles. The zero-order valence-corrected chi connectivity index (χ0v) is 10.3. The van der Waals surface area contributed by atoms with Crippen LogP contribution in [0, 0.1) is 0 Å². The minimum atomic E-state index is -0.876. The van der Waals surface area contributed by atoms with Crippen LogP contribution in [0.25, 0.3) is 0 Å². The van der Waals surface area contributed by atoms with Crippen molar-refractivity contribution in [3.8, 4) is 0 Å². The molecule has 5 nitrogen and oxygen atoms in total. The fourth-order valence-electron chi connectivity index (χ4n) is 1.12. The Morgan fingerprint density at radius 3 is 2.06 bits per heavy atom. The van der Waals surface area contributed by atoms with Crippen LogP contribution in [0.1, 0.15) is 34.1 Å². The quantitative estimate of drug-likeness (QED) is 0.619. The van der Waals surface area contributed by atoms with Crippen molar-refractivity contribution in [1.29, 1.82) is 0 Å². The highest BCUT2D eigenvalue weighted by atomic mass is 16.6. The van der Waals surface area contributed by atoms with Crippen molar-refractivity contribution in [3.63, 3.8) is 0 Å². The van der Waals surface area contributed by atoms with E-state index in [9.17, 15) is 9.59 Å². The lowest BCUT2D eigenvalue weighted by Crippen LogP contribution is -2.32. The van der Waals surface area contributed by atoms with Crippen LogP contribution in [0.4, 0.5) is 0 Å². The van der Waals surface area contributed by atoms with E-state index in [4.69, 9.17) is 14.2 Å². The van der Waals surface area contributed by atoms with E-state index in [1.165, 1.54) is 0 Å². The normalized spacial score (nSPS) is 12.3. The molecule has 0 spiro atoms. The summed E-state index contributed by atoms with van der Waals surface area (Å²) in [6.45, 7) is 7.54. The molecular weight excluding hydrogens is 212 g/mol. The van der Waals surface area contributed by atoms with Gasteiger partial charge in [-0.1, -0.05) is 0 Å². The Labute approximate surface area is 96.1 Å². The third-order valence-electron chi connectivity index (χ3n) is 1.64. The molecule has 1 unspecified atom stereocenters. The van der Waals surface area contributed by atoms with Gasteiger partial charge in [0.25, 0.3) is 0 Å². The monoisotopic (exact) mass is 232 g/mol. The fourth-order valence-corrected chi connectivity index (χ4v) is 1.12. The second-order valence-corrected chi connectivity index (χ2v) is 3.43. The Morgan fingerprint density at radius 1 is 1.06 bits per heavy atom. The maximum atomic E-state index is 11.5. The van der Waals surface area contributed by atoms with Gasteiger partial charge in [0.1, 0.15) is 0 Å². The lowest BCUT2D eigenvalue weighted by Gasteiger charge is -2.17. The Morgan fingerprint density at radius 2 is 1.62 bits per heavy atom. The van der Waals surface area contributed by atoms with Crippen molar-refractivity contribution in [3.05, 3.63) is 0 Å². The summed E-state index contributed by atoms with van der Waals surface area (Å²) in [6, 6.07) is 0. The van der Waals surface area contributed by atoms with Crippen LogP contribution in [0.2, 0.25) is 0 Å². The molecule has 0 aliphatic rings. The topological polar surface area (TPSA) is 61.8 Å². The molecule has 0 saturated heterocycles. The average Bonchev–Trinajstić information content (AvgIpc) is 2.16. The van der Waals surface area contributed by atoms with Crippen molar-refractivity contribution >= 4 is 11.9 Å². The summed E-state index contributed by atoms with van der Waals surface area (Å²) >= 11 is 0. The molecular formula is C11H20O5. The number of hydrogen-bond donors (Lipinski definition) is 0. The second kappa shape index (κ2) is 8.10. The molecule has 0 aromatic rings. The molecule has 5 heteroatoms. The first-order valence-corrected chi connectivity index (χ1v) is 5.48. The predicted octanol–water partition coefficient (Wildman–Crippen LogP) is 1.30. The van der Waals surface area contributed by atoms with Gasteiger partial charge < -0.3 is 14.2 Å². The molecule has 0 aliphatic heterocycles. The molecule has 0 saturated carbocycles. The van der Waals surface area contributed by atoms with Crippen molar-refractivity contribution in [2.75, 3.05) is 13.2 Å². The molecule has 0 amide bonds. The predicted molar refractivity (Wildman–Crippen MR) is 57.9 cm³/mol. The molecule has 0 rings (SSSR count). The third kappa shape index (κ3) is 6.40. The number of ether oxygens (including phenoxy) is 3. The van der Waals surface area contributed by atoms with Gasteiger partial charge in [0, 0.05) is 0 Å². The maximum absolute atomic E-state index is 11.5. The van der Waals surface area contributed by atoms with E-state index in [0.717, 1.165) is 0 Å². The van der Waals surface area contributed by atoms with E-state index >= 15 is 0 Å². The molecule has 0 radical (unpaired) electrons. The summed E-state index contributed by atoms with van der Waals surface area (Å²) in [5.74, 6) is -0.981. The summed E-state index contributed by atoms with van der Waals surface area (Å²) in [5.41, 5.74) is 0. The van der Waals surface area contributed by atoms with Crippen LogP contribution < -0.4 is 0 Å². The first kappa shape index (κ1) is 14.9. The maximum Gasteiger partial charge on any atom is 0.335 e. The van der Waals surface area contributed by atoms with Gasteiger partial charge in [0.15, 0.2) is 6.10 Å². The molecule has 16 heavy (non-hydrogen) atoms. The van der Waals surface area contributed by atoms with Crippen LogP contribution in [0.15, 0.2) is 0 Å². The van der Waals surface area contributed by atoms with Crippen LogP contribution in [-0.2, 0) is 23.8 Å². The molecule has 94 valence electrons. The van der Waals surface area contributed by atoms with E-state index in [0.29, 0.717) is 0 Å². The molecule has 0 bridgehead atoms. The van der Waals surface area contributed by atoms with Crippen molar-refractivity contribution in [2.24, 2.45) is 0 Å². The highest BCUT2D eigenvalue weighted by molar-refractivity contribution is 5.81. The molecule has 1 atom stereocenters. The number of carbonyl (C=O) groups excluding carboxylic acids is 2. The Bertz CT molecular complexity index is 224. The summed E-state index contributed by atoms with van der Waals surface area (Å²) < 4.78 is 14.9. The van der Waals surface area contributed by atoms with E-state index in [-0.39, 0.29) is 25.7 Å². The van der Waals surface area contributed by atoms with Gasteiger partial charge in [0.05, 0.1) is 25.7 Å². The number of esters is 2. The molecule has 0 fully saturated rings. The first-order valence-electron chi connectivity index (χ1n) is 5.48. The number of carbonyl (C=O) groups is 2. The zero-order chi connectivity index (χ0) is 12.6. The van der Waals surface area contributed by atoms with Gasteiger partial charge in [-0.3, -0.25) is 4.79 Å². The van der Waals surface area contributed by atoms with Gasteiger partial charge in [-0.2, -0.15) is 0 Å². The highest BCUT2D eigenvalue weighted by Crippen LogP contribution is 2.07. The minimum absolute atomic E-state index is 0.106. The van der Waals surface area contributed by atoms with Crippen molar-refractivity contribution in [1.82, 2.24) is 0 Å². The summed E-state index contributed by atoms with van der Waals surface area (Å²) in [5, 5.41) is 0. The van der Waals surface area contributed by atoms with Gasteiger partial charge in [0.2, 0.25) is 0 Å². The van der Waals surface area contributed by atoms with Crippen molar-refractivity contribution in [2.45, 2.75) is 46.3 Å². The number of hydrogen-bond acceptors (Lipinski definition) is 5. The Hall–Kier alpha value is -1.10. The molecule has 0 aromatic carbocycles. The standard InChI is InChI=1S/C11H20O5/c1-5-14-10(12)7-9(16-8(3)4)11(13)15-6-2/h8-9H,5-7H2,1-4H3. The second-order valence-electron chi connectivity index (χ2n) is 3.43. The van der Waals surface area contributed by atoms with Gasteiger partial charge in [-0.15, -0.1) is 0 Å². The van der Waals surface area contributed by atoms with Crippen LogP contribution >= 0.6 is 0 Å². The SMILES string of the molecule is CCOC(=O)CC(OC(C)C)C(=O)OCC.